The first kappa shape index (κ1) is 14.0. The van der Waals surface area contributed by atoms with Gasteiger partial charge in [-0.3, -0.25) is 0 Å². The molecule has 0 amide bonds. The fourth-order valence-corrected chi connectivity index (χ4v) is 1.38. The average Bonchev–Trinajstić information content (AvgIpc) is 2.30. The zero-order valence-electron chi connectivity index (χ0n) is 9.63. The van der Waals surface area contributed by atoms with Crippen molar-refractivity contribution in [3.8, 4) is 0 Å². The van der Waals surface area contributed by atoms with E-state index in [1.165, 1.54) is 12.1 Å². The summed E-state index contributed by atoms with van der Waals surface area (Å²) in [6.07, 6.45) is 0. The Hall–Kier alpha value is -1.04. The second kappa shape index (κ2) is 7.32. The number of nitrogens with two attached hydrogens (primary N) is 1. The van der Waals surface area contributed by atoms with Gasteiger partial charge in [0.1, 0.15) is 5.82 Å². The van der Waals surface area contributed by atoms with E-state index in [4.69, 9.17) is 26.8 Å². The van der Waals surface area contributed by atoms with E-state index in [9.17, 15) is 4.39 Å². The fourth-order valence-electron chi connectivity index (χ4n) is 1.22. The van der Waals surface area contributed by atoms with E-state index in [-0.39, 0.29) is 5.02 Å². The minimum atomic E-state index is -0.522. The van der Waals surface area contributed by atoms with Crippen molar-refractivity contribution < 1.29 is 13.9 Å². The van der Waals surface area contributed by atoms with Crippen molar-refractivity contribution in [1.82, 2.24) is 0 Å². The Bertz CT molecular complexity index is 364. The normalized spacial score (nSPS) is 10.5. The Morgan fingerprint density at radius 3 is 2.82 bits per heavy atom. The van der Waals surface area contributed by atoms with Crippen LogP contribution in [-0.4, -0.2) is 33.5 Å². The number of nitrogen functional groups attached to an aromatic ring is 1. The second-order valence-corrected chi connectivity index (χ2v) is 3.79. The minimum absolute atomic E-state index is 0.0435. The standard InChI is InChI=1S/C11H16ClFN2O2/c1-16-4-5-17-3-2-15-11-6-8(12)9(13)7-10(11)14/h6-7,15H,2-5,14H2,1H3. The molecular weight excluding hydrogens is 247 g/mol. The first-order valence-electron chi connectivity index (χ1n) is 5.20. The molecule has 0 radical (unpaired) electrons. The number of benzene rings is 1. The minimum Gasteiger partial charge on any atom is -0.397 e. The van der Waals surface area contributed by atoms with Gasteiger partial charge in [0.2, 0.25) is 0 Å². The summed E-state index contributed by atoms with van der Waals surface area (Å²) in [4.78, 5) is 0. The molecule has 6 heteroatoms. The zero-order valence-corrected chi connectivity index (χ0v) is 10.4. The van der Waals surface area contributed by atoms with E-state index in [1.54, 1.807) is 7.11 Å². The van der Waals surface area contributed by atoms with Crippen molar-refractivity contribution in [1.29, 1.82) is 0 Å². The summed E-state index contributed by atoms with van der Waals surface area (Å²) in [5.74, 6) is -0.522. The lowest BCUT2D eigenvalue weighted by atomic mass is 10.2. The molecule has 0 bridgehead atoms. The van der Waals surface area contributed by atoms with Crippen LogP contribution in [0, 0.1) is 5.82 Å². The predicted octanol–water partition coefficient (Wildman–Crippen LogP) is 2.14. The van der Waals surface area contributed by atoms with E-state index in [2.05, 4.69) is 5.32 Å². The van der Waals surface area contributed by atoms with Gasteiger partial charge in [0, 0.05) is 19.7 Å². The highest BCUT2D eigenvalue weighted by atomic mass is 35.5. The summed E-state index contributed by atoms with van der Waals surface area (Å²) in [5, 5.41) is 3.06. The molecule has 0 atom stereocenters. The van der Waals surface area contributed by atoms with Crippen LogP contribution in [0.25, 0.3) is 0 Å². The summed E-state index contributed by atoms with van der Waals surface area (Å²) >= 11 is 5.65. The van der Waals surface area contributed by atoms with Crippen molar-refractivity contribution in [2.75, 3.05) is 44.5 Å². The quantitative estimate of drug-likeness (QED) is 0.584. The summed E-state index contributed by atoms with van der Waals surface area (Å²) in [6, 6.07) is 2.65. The Balaban J connectivity index is 2.34. The molecule has 1 aromatic carbocycles. The monoisotopic (exact) mass is 262 g/mol. The van der Waals surface area contributed by atoms with Gasteiger partial charge in [-0.2, -0.15) is 0 Å². The second-order valence-electron chi connectivity index (χ2n) is 3.39. The number of anilines is 2. The number of nitrogens with one attached hydrogen (secondary N) is 1. The molecular formula is C11H16ClFN2O2. The van der Waals surface area contributed by atoms with Gasteiger partial charge in [0.25, 0.3) is 0 Å². The van der Waals surface area contributed by atoms with Gasteiger partial charge in [-0.05, 0) is 6.07 Å². The van der Waals surface area contributed by atoms with Crippen LogP contribution in [0.3, 0.4) is 0 Å². The highest BCUT2D eigenvalue weighted by Crippen LogP contribution is 2.25. The molecule has 4 nitrogen and oxygen atoms in total. The molecule has 0 saturated carbocycles. The molecule has 0 aliphatic heterocycles. The SMILES string of the molecule is COCCOCCNc1cc(Cl)c(F)cc1N. The van der Waals surface area contributed by atoms with E-state index in [1.807, 2.05) is 0 Å². The number of hydrogen-bond donors (Lipinski definition) is 2. The molecule has 0 heterocycles. The molecule has 0 unspecified atom stereocenters. The Labute approximate surface area is 105 Å². The van der Waals surface area contributed by atoms with Crippen LogP contribution in [0.5, 0.6) is 0 Å². The van der Waals surface area contributed by atoms with Crippen LogP contribution in [-0.2, 0) is 9.47 Å². The van der Waals surface area contributed by atoms with Crippen molar-refractivity contribution in [2.45, 2.75) is 0 Å². The number of halogens is 2. The molecule has 0 spiro atoms. The van der Waals surface area contributed by atoms with E-state index < -0.39 is 5.82 Å². The lowest BCUT2D eigenvalue weighted by Gasteiger charge is -2.10. The topological polar surface area (TPSA) is 56.5 Å². The molecule has 3 N–H and O–H groups in total. The Morgan fingerprint density at radius 2 is 2.12 bits per heavy atom. The summed E-state index contributed by atoms with van der Waals surface area (Å²) in [7, 11) is 1.61. The molecule has 0 aliphatic carbocycles. The molecule has 0 aliphatic rings. The van der Waals surface area contributed by atoms with Crippen LogP contribution in [0.4, 0.5) is 15.8 Å². The van der Waals surface area contributed by atoms with E-state index in [0.29, 0.717) is 37.7 Å². The number of hydrogen-bond acceptors (Lipinski definition) is 4. The van der Waals surface area contributed by atoms with E-state index >= 15 is 0 Å². The molecule has 0 aromatic heterocycles. The number of rotatable bonds is 7. The third kappa shape index (κ3) is 4.77. The average molecular weight is 263 g/mol. The Kier molecular flexibility index (Phi) is 6.04. The van der Waals surface area contributed by atoms with Gasteiger partial charge in [-0.25, -0.2) is 4.39 Å². The van der Waals surface area contributed by atoms with Crippen LogP contribution in [0.15, 0.2) is 12.1 Å². The van der Waals surface area contributed by atoms with Crippen LogP contribution < -0.4 is 11.1 Å². The molecule has 1 rings (SSSR count). The van der Waals surface area contributed by atoms with Crippen LogP contribution >= 0.6 is 11.6 Å². The number of methoxy groups -OCH3 is 1. The van der Waals surface area contributed by atoms with Crippen LogP contribution in [0.2, 0.25) is 5.02 Å². The Morgan fingerprint density at radius 1 is 1.35 bits per heavy atom. The number of ether oxygens (including phenoxy) is 2. The summed E-state index contributed by atoms with van der Waals surface area (Å²) in [5.41, 5.74) is 6.56. The maximum Gasteiger partial charge on any atom is 0.143 e. The lowest BCUT2D eigenvalue weighted by Crippen LogP contribution is -2.13. The van der Waals surface area contributed by atoms with E-state index in [0.717, 1.165) is 0 Å². The zero-order chi connectivity index (χ0) is 12.7. The first-order chi connectivity index (χ1) is 8.15. The van der Waals surface area contributed by atoms with Gasteiger partial charge in [-0.15, -0.1) is 0 Å². The third-order valence-electron chi connectivity index (χ3n) is 2.09. The highest BCUT2D eigenvalue weighted by Gasteiger charge is 2.05. The largest absolute Gasteiger partial charge is 0.397 e. The first-order valence-corrected chi connectivity index (χ1v) is 5.58. The van der Waals surface area contributed by atoms with Crippen molar-refractivity contribution >= 4 is 23.0 Å². The molecule has 17 heavy (non-hydrogen) atoms. The fraction of sp³-hybridized carbons (Fsp3) is 0.455. The van der Waals surface area contributed by atoms with Gasteiger partial charge in [0.15, 0.2) is 0 Å². The predicted molar refractivity (Wildman–Crippen MR) is 67.0 cm³/mol. The molecule has 0 saturated heterocycles. The maximum atomic E-state index is 13.0. The summed E-state index contributed by atoms with van der Waals surface area (Å²) in [6.45, 7) is 2.18. The third-order valence-corrected chi connectivity index (χ3v) is 2.38. The summed E-state index contributed by atoms with van der Waals surface area (Å²) < 4.78 is 23.1. The van der Waals surface area contributed by atoms with Crippen molar-refractivity contribution in [2.24, 2.45) is 0 Å². The van der Waals surface area contributed by atoms with Gasteiger partial charge in [-0.1, -0.05) is 11.6 Å². The molecule has 0 fully saturated rings. The van der Waals surface area contributed by atoms with Gasteiger partial charge >= 0.3 is 0 Å². The molecule has 1 aromatic rings. The van der Waals surface area contributed by atoms with Crippen molar-refractivity contribution in [3.63, 3.8) is 0 Å². The van der Waals surface area contributed by atoms with Gasteiger partial charge in [0.05, 0.1) is 36.2 Å². The smallest absolute Gasteiger partial charge is 0.143 e. The lowest BCUT2D eigenvalue weighted by molar-refractivity contribution is 0.0759. The van der Waals surface area contributed by atoms with Gasteiger partial charge < -0.3 is 20.5 Å². The van der Waals surface area contributed by atoms with Crippen LogP contribution in [0.1, 0.15) is 0 Å². The maximum absolute atomic E-state index is 13.0. The van der Waals surface area contributed by atoms with Crippen molar-refractivity contribution in [3.05, 3.63) is 23.0 Å². The molecule has 96 valence electrons. The highest BCUT2D eigenvalue weighted by molar-refractivity contribution is 6.31.